The zero-order chi connectivity index (χ0) is 29.8. The van der Waals surface area contributed by atoms with Crippen LogP contribution in [-0.2, 0) is 16.1 Å². The van der Waals surface area contributed by atoms with Crippen molar-refractivity contribution in [1.29, 1.82) is 0 Å². The van der Waals surface area contributed by atoms with Crippen molar-refractivity contribution in [1.82, 2.24) is 20.4 Å². The molecule has 2 aromatic carbocycles. The van der Waals surface area contributed by atoms with Crippen molar-refractivity contribution in [3.8, 4) is 11.5 Å². The van der Waals surface area contributed by atoms with Crippen molar-refractivity contribution in [3.63, 3.8) is 0 Å². The van der Waals surface area contributed by atoms with Gasteiger partial charge in [0.25, 0.3) is 11.6 Å². The monoisotopic (exact) mass is 563 g/mol. The molecule has 0 fully saturated rings. The molecule has 1 aliphatic rings. The smallest absolute Gasteiger partial charge is 0.336 e. The molecule has 12 heteroatoms. The van der Waals surface area contributed by atoms with Crippen LogP contribution in [0.4, 0.5) is 5.69 Å². The van der Waals surface area contributed by atoms with Crippen LogP contribution >= 0.6 is 0 Å². The zero-order valence-electron chi connectivity index (χ0n) is 24.0. The second-order valence-corrected chi connectivity index (χ2v) is 9.70. The highest BCUT2D eigenvalue weighted by molar-refractivity contribution is 5.96. The molecular weight excluding hydrogens is 530 g/mol. The fourth-order valence-corrected chi connectivity index (χ4v) is 4.96. The lowest BCUT2D eigenvalue weighted by Crippen LogP contribution is -2.28. The minimum absolute atomic E-state index is 0.0248. The molecule has 0 saturated heterocycles. The topological polar surface area (TPSA) is 142 Å². The lowest BCUT2D eigenvalue weighted by molar-refractivity contribution is -0.384. The average molecular weight is 564 g/mol. The molecule has 3 aromatic rings. The number of allylic oxidation sites excluding steroid dienone is 3. The first-order chi connectivity index (χ1) is 19.6. The highest BCUT2D eigenvalue weighted by Gasteiger charge is 2.37. The largest absolute Gasteiger partial charge is 0.493 e. The van der Waals surface area contributed by atoms with Crippen molar-refractivity contribution < 1.29 is 28.5 Å². The molecule has 2 atom stereocenters. The molecule has 0 radical (unpaired) electrons. The first kappa shape index (κ1) is 29.3. The van der Waals surface area contributed by atoms with E-state index in [9.17, 15) is 14.9 Å². The number of nitrogens with one attached hydrogen (secondary N) is 1. The van der Waals surface area contributed by atoms with Crippen LogP contribution in [-0.4, -0.2) is 54.3 Å². The van der Waals surface area contributed by atoms with Gasteiger partial charge in [-0.3, -0.25) is 15.0 Å². The molecule has 1 aromatic heterocycles. The summed E-state index contributed by atoms with van der Waals surface area (Å²) in [4.78, 5) is 30.7. The van der Waals surface area contributed by atoms with Gasteiger partial charge in [0.1, 0.15) is 0 Å². The predicted octanol–water partition coefficient (Wildman–Crippen LogP) is 4.75. The van der Waals surface area contributed by atoms with E-state index in [2.05, 4.69) is 27.3 Å². The highest BCUT2D eigenvalue weighted by atomic mass is 16.6. The number of benzene rings is 2. The number of methoxy groups -OCH3 is 3. The molecule has 0 saturated carbocycles. The van der Waals surface area contributed by atoms with Crippen LogP contribution in [0.2, 0.25) is 0 Å². The number of hydrogen-bond donors (Lipinski definition) is 1. The Balaban J connectivity index is 1.67. The van der Waals surface area contributed by atoms with E-state index in [4.69, 9.17) is 18.7 Å². The number of rotatable bonds is 10. The molecule has 0 spiro atoms. The number of nitro groups is 1. The maximum Gasteiger partial charge on any atom is 0.336 e. The van der Waals surface area contributed by atoms with Crippen LogP contribution < -0.4 is 14.8 Å². The molecule has 216 valence electrons. The lowest BCUT2D eigenvalue weighted by atomic mass is 9.80. The lowest BCUT2D eigenvalue weighted by Gasteiger charge is -2.29. The Bertz CT molecular complexity index is 1530. The van der Waals surface area contributed by atoms with Gasteiger partial charge in [-0.1, -0.05) is 23.4 Å². The summed E-state index contributed by atoms with van der Waals surface area (Å²) in [7, 11) is 6.42. The van der Waals surface area contributed by atoms with Crippen molar-refractivity contribution in [2.45, 2.75) is 39.3 Å². The summed E-state index contributed by atoms with van der Waals surface area (Å²) in [6.45, 7) is 5.99. The molecule has 2 unspecified atom stereocenters. The van der Waals surface area contributed by atoms with E-state index in [0.717, 1.165) is 5.56 Å². The van der Waals surface area contributed by atoms with Crippen LogP contribution in [0.3, 0.4) is 0 Å². The van der Waals surface area contributed by atoms with Crippen LogP contribution in [0.1, 0.15) is 55.6 Å². The number of aromatic nitrogens is 2. The zero-order valence-corrected chi connectivity index (χ0v) is 24.0. The van der Waals surface area contributed by atoms with Crippen molar-refractivity contribution in [2.24, 2.45) is 0 Å². The van der Waals surface area contributed by atoms with Gasteiger partial charge in [-0.05, 0) is 51.1 Å². The number of carbonyl (C=O) groups excluding carboxylic acids is 1. The molecule has 41 heavy (non-hydrogen) atoms. The fraction of sp³-hybridized carbons (Fsp3) is 0.345. The summed E-state index contributed by atoms with van der Waals surface area (Å²) in [5.74, 6) is 0.602. The molecule has 1 aliphatic heterocycles. The molecule has 1 N–H and O–H groups in total. The Morgan fingerprint density at radius 1 is 1.12 bits per heavy atom. The van der Waals surface area contributed by atoms with E-state index in [1.807, 2.05) is 32.2 Å². The van der Waals surface area contributed by atoms with Gasteiger partial charge in [0.05, 0.1) is 44.3 Å². The molecule has 0 aliphatic carbocycles. The van der Waals surface area contributed by atoms with Crippen LogP contribution in [0.15, 0.2) is 64.0 Å². The number of nitrogens with zero attached hydrogens (tertiary/aromatic N) is 4. The highest BCUT2D eigenvalue weighted by Crippen LogP contribution is 2.44. The summed E-state index contributed by atoms with van der Waals surface area (Å²) in [5, 5.41) is 19.0. The summed E-state index contributed by atoms with van der Waals surface area (Å²) in [6, 6.07) is 11.9. The third kappa shape index (κ3) is 5.92. The second-order valence-electron chi connectivity index (χ2n) is 9.70. The Morgan fingerprint density at radius 3 is 2.51 bits per heavy atom. The molecular formula is C29H33N5O7. The molecule has 12 nitrogen and oxygen atoms in total. The average Bonchev–Trinajstić information content (AvgIpc) is 3.43. The standard InChI is InChI=1S/C29H33N5O7/c1-16-25(27(26(17(2)30-16)29(35)40-7)20-9-8-10-21(13-20)34(36)37)28-31-24(32-41-28)15-33(4)18(3)19-11-12-22(38-5)23(14-19)39-6/h8-14,18,27,30H,15H2,1-7H3. The fourth-order valence-electron chi connectivity index (χ4n) is 4.96. The number of nitro benzene ring substituents is 1. The molecule has 4 rings (SSSR count). The number of non-ortho nitro benzene ring substituents is 1. The first-order valence-corrected chi connectivity index (χ1v) is 12.9. The van der Waals surface area contributed by atoms with Gasteiger partial charge in [0.2, 0.25) is 0 Å². The Morgan fingerprint density at radius 2 is 1.85 bits per heavy atom. The number of hydrogen-bond acceptors (Lipinski definition) is 11. The summed E-state index contributed by atoms with van der Waals surface area (Å²) >= 11 is 0. The van der Waals surface area contributed by atoms with Crippen LogP contribution in [0, 0.1) is 10.1 Å². The van der Waals surface area contributed by atoms with Crippen molar-refractivity contribution in [2.75, 3.05) is 28.4 Å². The van der Waals surface area contributed by atoms with Crippen molar-refractivity contribution >= 4 is 17.2 Å². The molecule has 0 amide bonds. The maximum atomic E-state index is 12.9. The van der Waals surface area contributed by atoms with Gasteiger partial charge >= 0.3 is 5.97 Å². The van der Waals surface area contributed by atoms with Gasteiger partial charge in [0.15, 0.2) is 17.3 Å². The quantitative estimate of drug-likeness (QED) is 0.207. The summed E-state index contributed by atoms with van der Waals surface area (Å²) in [6.07, 6.45) is 0. The third-order valence-corrected chi connectivity index (χ3v) is 7.22. The van der Waals surface area contributed by atoms with Crippen LogP contribution in [0.25, 0.3) is 5.57 Å². The van der Waals surface area contributed by atoms with Gasteiger partial charge in [-0.15, -0.1) is 0 Å². The minimum Gasteiger partial charge on any atom is -0.493 e. The Kier molecular flexibility index (Phi) is 8.72. The number of carbonyl (C=O) groups is 1. The first-order valence-electron chi connectivity index (χ1n) is 12.9. The minimum atomic E-state index is -0.736. The number of esters is 1. The number of ether oxygens (including phenoxy) is 3. The van der Waals surface area contributed by atoms with Gasteiger partial charge in [0, 0.05) is 35.1 Å². The van der Waals surface area contributed by atoms with E-state index in [0.29, 0.717) is 52.0 Å². The Hall–Kier alpha value is -4.71. The molecule has 0 bridgehead atoms. The van der Waals surface area contributed by atoms with E-state index in [1.54, 1.807) is 33.3 Å². The normalized spacial score (nSPS) is 16.0. The van der Waals surface area contributed by atoms with E-state index in [1.165, 1.54) is 19.2 Å². The maximum absolute atomic E-state index is 12.9. The van der Waals surface area contributed by atoms with Crippen LogP contribution in [0.5, 0.6) is 11.5 Å². The Labute approximate surface area is 237 Å². The third-order valence-electron chi connectivity index (χ3n) is 7.22. The van der Waals surface area contributed by atoms with Gasteiger partial charge < -0.3 is 24.1 Å². The van der Waals surface area contributed by atoms with E-state index < -0.39 is 16.8 Å². The molecule has 2 heterocycles. The predicted molar refractivity (Wildman–Crippen MR) is 150 cm³/mol. The second kappa shape index (κ2) is 12.2. The number of dihydropyridines is 1. The summed E-state index contributed by atoms with van der Waals surface area (Å²) in [5.41, 5.74) is 3.51. The summed E-state index contributed by atoms with van der Waals surface area (Å²) < 4.78 is 21.6. The van der Waals surface area contributed by atoms with E-state index in [-0.39, 0.29) is 17.6 Å². The van der Waals surface area contributed by atoms with E-state index >= 15 is 0 Å². The van der Waals surface area contributed by atoms with Crippen molar-refractivity contribution in [3.05, 3.63) is 92.4 Å². The SMILES string of the molecule is COC(=O)C1=C(C)NC(C)=C(c2nc(CN(C)C(C)c3ccc(OC)c(OC)c3)no2)C1c1cccc([N+](=O)[O-])c1. The van der Waals surface area contributed by atoms with Gasteiger partial charge in [-0.25, -0.2) is 4.79 Å². The van der Waals surface area contributed by atoms with Gasteiger partial charge in [-0.2, -0.15) is 4.98 Å².